The van der Waals surface area contributed by atoms with Crippen molar-refractivity contribution in [2.75, 3.05) is 19.5 Å². The molecule has 9 nitrogen and oxygen atoms in total. The Kier molecular flexibility index (Phi) is 6.25. The Balaban J connectivity index is 1.83. The van der Waals surface area contributed by atoms with E-state index in [1.54, 1.807) is 30.3 Å². The monoisotopic (exact) mass is 412 g/mol. The van der Waals surface area contributed by atoms with Gasteiger partial charge in [-0.1, -0.05) is 12.1 Å². The molecule has 0 aliphatic heterocycles. The first-order valence-corrected chi connectivity index (χ1v) is 9.11. The highest BCUT2D eigenvalue weighted by Gasteiger charge is 2.15. The number of nitrogens with zero attached hydrogens (tertiary/aromatic N) is 3. The molecule has 1 aromatic heterocycles. The molecule has 10 heteroatoms. The van der Waals surface area contributed by atoms with Crippen molar-refractivity contribution in [2.45, 2.75) is 10.1 Å². The molecule has 29 heavy (non-hydrogen) atoms. The molecule has 0 saturated heterocycles. The molecule has 0 fully saturated rings. The number of amides is 1. The van der Waals surface area contributed by atoms with Gasteiger partial charge in [-0.25, -0.2) is 0 Å². The molecule has 148 valence electrons. The summed E-state index contributed by atoms with van der Waals surface area (Å²) in [5, 5.41) is 13.8. The number of anilines is 1. The number of rotatable bonds is 7. The normalized spacial score (nSPS) is 10.3. The highest BCUT2D eigenvalue weighted by molar-refractivity contribution is 7.99. The third kappa shape index (κ3) is 4.99. The predicted octanol–water partition coefficient (Wildman–Crippen LogP) is 3.81. The largest absolute Gasteiger partial charge is 0.481 e. The smallest absolute Gasteiger partial charge is 0.269 e. The second-order valence-electron chi connectivity index (χ2n) is 5.59. The number of methoxy groups -OCH3 is 2. The van der Waals surface area contributed by atoms with Gasteiger partial charge in [-0.3, -0.25) is 14.9 Å². The molecule has 3 aromatic rings. The second-order valence-corrected chi connectivity index (χ2v) is 6.60. The van der Waals surface area contributed by atoms with Crippen LogP contribution < -0.4 is 14.8 Å². The number of nitro groups is 1. The van der Waals surface area contributed by atoms with Crippen molar-refractivity contribution in [3.8, 4) is 11.8 Å². The number of hydrogen-bond donors (Lipinski definition) is 1. The minimum atomic E-state index is -0.500. The SMILES string of the molecule is COc1cc(OC)nc(Sc2ccccc2C(=O)Nc2ccc([N+](=O)[O-])cc2)n1. The van der Waals surface area contributed by atoms with Crippen molar-refractivity contribution in [1.29, 1.82) is 0 Å². The van der Waals surface area contributed by atoms with Gasteiger partial charge in [-0.15, -0.1) is 0 Å². The molecule has 0 saturated carbocycles. The van der Waals surface area contributed by atoms with Crippen LogP contribution in [0.2, 0.25) is 0 Å². The molecule has 0 aliphatic carbocycles. The van der Waals surface area contributed by atoms with E-state index in [-0.39, 0.29) is 11.6 Å². The quantitative estimate of drug-likeness (QED) is 0.354. The van der Waals surface area contributed by atoms with Crippen molar-refractivity contribution in [2.24, 2.45) is 0 Å². The summed E-state index contributed by atoms with van der Waals surface area (Å²) < 4.78 is 10.3. The Morgan fingerprint density at radius 2 is 1.66 bits per heavy atom. The van der Waals surface area contributed by atoms with E-state index in [0.717, 1.165) is 0 Å². The average Bonchev–Trinajstić information content (AvgIpc) is 2.74. The lowest BCUT2D eigenvalue weighted by molar-refractivity contribution is -0.384. The van der Waals surface area contributed by atoms with Crippen LogP contribution in [0.1, 0.15) is 10.4 Å². The molecule has 0 aliphatic rings. The number of nitrogens with one attached hydrogen (secondary N) is 1. The second kappa shape index (κ2) is 9.02. The van der Waals surface area contributed by atoms with E-state index in [2.05, 4.69) is 15.3 Å². The number of carbonyl (C=O) groups excluding carboxylic acids is 1. The van der Waals surface area contributed by atoms with Crippen LogP contribution in [-0.4, -0.2) is 35.0 Å². The molecule has 2 aromatic carbocycles. The van der Waals surface area contributed by atoms with E-state index in [9.17, 15) is 14.9 Å². The lowest BCUT2D eigenvalue weighted by atomic mass is 10.2. The molecule has 0 bridgehead atoms. The topological polar surface area (TPSA) is 116 Å². The molecule has 1 heterocycles. The summed E-state index contributed by atoms with van der Waals surface area (Å²) in [7, 11) is 2.98. The van der Waals surface area contributed by atoms with Crippen molar-refractivity contribution in [3.05, 3.63) is 70.3 Å². The summed E-state index contributed by atoms with van der Waals surface area (Å²) in [6, 6.07) is 14.1. The summed E-state index contributed by atoms with van der Waals surface area (Å²) in [5.41, 5.74) is 0.795. The van der Waals surface area contributed by atoms with Gasteiger partial charge in [0.05, 0.1) is 30.8 Å². The van der Waals surface area contributed by atoms with Crippen LogP contribution in [0.3, 0.4) is 0 Å². The Labute approximate surface area is 170 Å². The Morgan fingerprint density at radius 3 is 2.24 bits per heavy atom. The molecule has 0 unspecified atom stereocenters. The minimum absolute atomic E-state index is 0.0527. The van der Waals surface area contributed by atoms with Crippen molar-refractivity contribution in [1.82, 2.24) is 9.97 Å². The van der Waals surface area contributed by atoms with E-state index < -0.39 is 4.92 Å². The zero-order valence-electron chi connectivity index (χ0n) is 15.5. The first kappa shape index (κ1) is 20.1. The zero-order valence-corrected chi connectivity index (χ0v) is 16.3. The maximum Gasteiger partial charge on any atom is 0.269 e. The molecule has 0 spiro atoms. The van der Waals surface area contributed by atoms with E-state index in [1.807, 2.05) is 0 Å². The molecular weight excluding hydrogens is 396 g/mol. The Bertz CT molecular complexity index is 1020. The van der Waals surface area contributed by atoms with Crippen molar-refractivity contribution in [3.63, 3.8) is 0 Å². The summed E-state index contributed by atoms with van der Waals surface area (Å²) in [4.78, 5) is 32.1. The van der Waals surface area contributed by atoms with Gasteiger partial charge in [0.25, 0.3) is 11.6 Å². The fourth-order valence-corrected chi connectivity index (χ4v) is 3.23. The maximum absolute atomic E-state index is 12.7. The number of benzene rings is 2. The van der Waals surface area contributed by atoms with E-state index in [0.29, 0.717) is 33.1 Å². The van der Waals surface area contributed by atoms with Crippen LogP contribution in [0.4, 0.5) is 11.4 Å². The van der Waals surface area contributed by atoms with Crippen LogP contribution in [0.5, 0.6) is 11.8 Å². The van der Waals surface area contributed by atoms with Crippen LogP contribution in [-0.2, 0) is 0 Å². The summed E-state index contributed by atoms with van der Waals surface area (Å²) in [6.45, 7) is 0. The molecule has 0 radical (unpaired) electrons. The first-order chi connectivity index (χ1) is 14.0. The molecule has 1 N–H and O–H groups in total. The maximum atomic E-state index is 12.7. The Morgan fingerprint density at radius 1 is 1.03 bits per heavy atom. The highest BCUT2D eigenvalue weighted by Crippen LogP contribution is 2.31. The van der Waals surface area contributed by atoms with E-state index in [1.165, 1.54) is 50.2 Å². The van der Waals surface area contributed by atoms with Gasteiger partial charge in [0, 0.05) is 22.7 Å². The number of nitro benzene ring substituents is 1. The van der Waals surface area contributed by atoms with Crippen LogP contribution in [0.15, 0.2) is 64.6 Å². The summed E-state index contributed by atoms with van der Waals surface area (Å²) in [6.07, 6.45) is 0. The number of non-ortho nitro benzene ring substituents is 1. The third-order valence-electron chi connectivity index (χ3n) is 3.75. The number of aromatic nitrogens is 2. The van der Waals surface area contributed by atoms with Crippen molar-refractivity contribution >= 4 is 29.0 Å². The number of ether oxygens (including phenoxy) is 2. The standard InChI is InChI=1S/C19H16N4O5S/c1-27-16-11-17(28-2)22-19(21-16)29-15-6-4-3-5-14(15)18(24)20-12-7-9-13(10-8-12)23(25)26/h3-11H,1-2H3,(H,20,24). The predicted molar refractivity (Wildman–Crippen MR) is 107 cm³/mol. The summed E-state index contributed by atoms with van der Waals surface area (Å²) in [5.74, 6) is 0.316. The Hall–Kier alpha value is -3.66. The lowest BCUT2D eigenvalue weighted by Crippen LogP contribution is -2.13. The van der Waals surface area contributed by atoms with E-state index >= 15 is 0 Å². The van der Waals surface area contributed by atoms with Crippen LogP contribution in [0, 0.1) is 10.1 Å². The molecule has 1 amide bonds. The van der Waals surface area contributed by atoms with Crippen molar-refractivity contribution < 1.29 is 19.2 Å². The van der Waals surface area contributed by atoms with Gasteiger partial charge in [-0.2, -0.15) is 9.97 Å². The summed E-state index contributed by atoms with van der Waals surface area (Å²) >= 11 is 1.19. The lowest BCUT2D eigenvalue weighted by Gasteiger charge is -2.10. The first-order valence-electron chi connectivity index (χ1n) is 8.30. The molecule has 0 atom stereocenters. The fourth-order valence-electron chi connectivity index (χ4n) is 2.34. The molecular formula is C19H16N4O5S. The highest BCUT2D eigenvalue weighted by atomic mass is 32.2. The van der Waals surface area contributed by atoms with Crippen LogP contribution >= 0.6 is 11.8 Å². The minimum Gasteiger partial charge on any atom is -0.481 e. The number of hydrogen-bond acceptors (Lipinski definition) is 8. The van der Waals surface area contributed by atoms with Gasteiger partial charge in [0.15, 0.2) is 5.16 Å². The van der Waals surface area contributed by atoms with Gasteiger partial charge in [0.2, 0.25) is 11.8 Å². The molecule has 3 rings (SSSR count). The van der Waals surface area contributed by atoms with Crippen LogP contribution in [0.25, 0.3) is 0 Å². The fraction of sp³-hybridized carbons (Fsp3) is 0.105. The average molecular weight is 412 g/mol. The van der Waals surface area contributed by atoms with Gasteiger partial charge >= 0.3 is 0 Å². The van der Waals surface area contributed by atoms with Gasteiger partial charge in [-0.05, 0) is 36.0 Å². The van der Waals surface area contributed by atoms with Gasteiger partial charge < -0.3 is 14.8 Å². The third-order valence-corrected chi connectivity index (χ3v) is 4.69. The number of carbonyl (C=O) groups is 1. The van der Waals surface area contributed by atoms with Gasteiger partial charge in [0.1, 0.15) is 0 Å². The van der Waals surface area contributed by atoms with E-state index in [4.69, 9.17) is 9.47 Å². The zero-order chi connectivity index (χ0) is 20.8.